The average Bonchev–Trinajstić information content (AvgIpc) is 3.08. The minimum Gasteiger partial charge on any atom is -0.494 e. The molecule has 0 bridgehead atoms. The van der Waals surface area contributed by atoms with Gasteiger partial charge in [0, 0.05) is 16.0 Å². The number of hydrogen-bond acceptors (Lipinski definition) is 5. The molecule has 0 atom stereocenters. The Morgan fingerprint density at radius 1 is 1.07 bits per heavy atom. The number of hydrogen-bond donors (Lipinski definition) is 1. The minimum atomic E-state index is -0.481. The van der Waals surface area contributed by atoms with E-state index < -0.39 is 5.97 Å². The molecule has 156 valence electrons. The van der Waals surface area contributed by atoms with Gasteiger partial charge in [-0.2, -0.15) is 0 Å². The summed E-state index contributed by atoms with van der Waals surface area (Å²) in [5, 5.41) is 3.36. The van der Waals surface area contributed by atoms with Gasteiger partial charge >= 0.3 is 5.97 Å². The van der Waals surface area contributed by atoms with Gasteiger partial charge in [0.15, 0.2) is 0 Å². The summed E-state index contributed by atoms with van der Waals surface area (Å²) < 4.78 is 10.6. The van der Waals surface area contributed by atoms with Crippen LogP contribution in [0, 0.1) is 13.8 Å². The average molecular weight is 424 g/mol. The van der Waals surface area contributed by atoms with E-state index in [1.165, 1.54) is 18.4 Å². The van der Waals surface area contributed by atoms with E-state index in [9.17, 15) is 9.59 Å². The highest BCUT2D eigenvalue weighted by atomic mass is 32.1. The second kappa shape index (κ2) is 9.59. The maximum absolute atomic E-state index is 12.9. The fourth-order valence-electron chi connectivity index (χ4n) is 3.12. The van der Waals surface area contributed by atoms with Gasteiger partial charge in [-0.05, 0) is 44.0 Å². The fourth-order valence-corrected chi connectivity index (χ4v) is 4.18. The summed E-state index contributed by atoms with van der Waals surface area (Å²) in [7, 11) is 1.34. The molecule has 0 saturated carbocycles. The number of rotatable bonds is 7. The zero-order valence-electron chi connectivity index (χ0n) is 17.6. The topological polar surface area (TPSA) is 64.6 Å². The lowest BCUT2D eigenvalue weighted by Crippen LogP contribution is -2.14. The number of nitrogens with one attached hydrogen (secondary N) is 1. The molecule has 1 heterocycles. The molecule has 0 spiro atoms. The van der Waals surface area contributed by atoms with Crippen LogP contribution in [0.15, 0.2) is 48.5 Å². The Morgan fingerprint density at radius 2 is 1.80 bits per heavy atom. The van der Waals surface area contributed by atoms with Gasteiger partial charge in [0.25, 0.3) is 5.91 Å². The molecule has 3 aromatic rings. The number of benzene rings is 2. The molecule has 0 aliphatic heterocycles. The molecular formula is C24H25NO4S. The van der Waals surface area contributed by atoms with Gasteiger partial charge in [-0.25, -0.2) is 4.79 Å². The Labute approximate surface area is 180 Å². The Morgan fingerprint density at radius 3 is 2.47 bits per heavy atom. The van der Waals surface area contributed by atoms with Gasteiger partial charge < -0.3 is 14.8 Å². The molecule has 0 aliphatic carbocycles. The van der Waals surface area contributed by atoms with Crippen LogP contribution in [0.1, 0.15) is 44.5 Å². The molecule has 5 nitrogen and oxygen atoms in total. The molecule has 6 heteroatoms. The molecule has 1 amide bonds. The Bertz CT molecular complexity index is 1050. The van der Waals surface area contributed by atoms with E-state index in [0.717, 1.165) is 28.0 Å². The van der Waals surface area contributed by atoms with Crippen molar-refractivity contribution < 1.29 is 19.1 Å². The molecule has 30 heavy (non-hydrogen) atoms. The third kappa shape index (κ3) is 4.71. The van der Waals surface area contributed by atoms with Crippen molar-refractivity contribution in [3.8, 4) is 16.9 Å². The quantitative estimate of drug-likeness (QED) is 0.484. The van der Waals surface area contributed by atoms with Gasteiger partial charge in [-0.3, -0.25) is 4.79 Å². The van der Waals surface area contributed by atoms with Crippen LogP contribution >= 0.6 is 11.3 Å². The number of aryl methyl sites for hydroxylation is 2. The van der Waals surface area contributed by atoms with Crippen molar-refractivity contribution >= 4 is 28.2 Å². The number of carbonyl (C=O) groups is 2. The van der Waals surface area contributed by atoms with Crippen molar-refractivity contribution in [2.75, 3.05) is 19.0 Å². The fraction of sp³-hybridized carbons (Fsp3) is 0.250. The van der Waals surface area contributed by atoms with Crippen molar-refractivity contribution in [2.45, 2.75) is 27.2 Å². The maximum atomic E-state index is 12.9. The summed E-state index contributed by atoms with van der Waals surface area (Å²) in [5.74, 6) is -0.149. The van der Waals surface area contributed by atoms with E-state index in [2.05, 4.69) is 5.32 Å². The lowest BCUT2D eigenvalue weighted by atomic mass is 10.0. The van der Waals surface area contributed by atoms with Crippen molar-refractivity contribution in [1.82, 2.24) is 0 Å². The van der Waals surface area contributed by atoms with Gasteiger partial charge in [0.05, 0.1) is 13.7 Å². The Balaban J connectivity index is 1.96. The van der Waals surface area contributed by atoms with Crippen LogP contribution in [0.25, 0.3) is 11.1 Å². The number of carbonyl (C=O) groups excluding carboxylic acids is 2. The predicted octanol–water partition coefficient (Wildman–Crippen LogP) is 5.86. The lowest BCUT2D eigenvalue weighted by molar-refractivity contribution is 0.0603. The molecule has 0 radical (unpaired) electrons. The van der Waals surface area contributed by atoms with Crippen LogP contribution < -0.4 is 10.1 Å². The second-order valence-corrected chi connectivity index (χ2v) is 8.15. The molecule has 2 aromatic carbocycles. The van der Waals surface area contributed by atoms with Crippen LogP contribution in [0.3, 0.4) is 0 Å². The largest absolute Gasteiger partial charge is 0.494 e. The Kier molecular flexibility index (Phi) is 6.90. The minimum absolute atomic E-state index is 0.307. The van der Waals surface area contributed by atoms with E-state index >= 15 is 0 Å². The summed E-state index contributed by atoms with van der Waals surface area (Å²) >= 11 is 1.36. The summed E-state index contributed by atoms with van der Waals surface area (Å²) in [6.45, 7) is 6.55. The number of anilines is 1. The number of ether oxygens (including phenoxy) is 2. The van der Waals surface area contributed by atoms with E-state index in [4.69, 9.17) is 9.47 Å². The van der Waals surface area contributed by atoms with Gasteiger partial charge in [0.1, 0.15) is 16.3 Å². The maximum Gasteiger partial charge on any atom is 0.341 e. The van der Waals surface area contributed by atoms with E-state index in [1.807, 2.05) is 51.1 Å². The molecule has 0 unspecified atom stereocenters. The summed E-state index contributed by atoms with van der Waals surface area (Å²) in [6, 6.07) is 14.9. The first-order valence-corrected chi connectivity index (χ1v) is 10.6. The Hall–Kier alpha value is -3.12. The van der Waals surface area contributed by atoms with Crippen molar-refractivity contribution in [1.29, 1.82) is 0 Å². The van der Waals surface area contributed by atoms with Crippen molar-refractivity contribution in [2.24, 2.45) is 0 Å². The van der Waals surface area contributed by atoms with Crippen LogP contribution in [-0.4, -0.2) is 25.6 Å². The summed E-state index contributed by atoms with van der Waals surface area (Å²) in [6.07, 6.45) is 0.884. The van der Waals surface area contributed by atoms with Crippen LogP contribution in [0.4, 0.5) is 5.00 Å². The van der Waals surface area contributed by atoms with Gasteiger partial charge in [0.2, 0.25) is 0 Å². The number of thiophene rings is 1. The molecule has 1 N–H and O–H groups in total. The monoisotopic (exact) mass is 423 g/mol. The van der Waals surface area contributed by atoms with E-state index in [1.54, 1.807) is 18.2 Å². The number of esters is 1. The number of methoxy groups -OCH3 is 1. The second-order valence-electron chi connectivity index (χ2n) is 6.93. The van der Waals surface area contributed by atoms with Crippen molar-refractivity contribution in [3.05, 3.63) is 70.1 Å². The summed E-state index contributed by atoms with van der Waals surface area (Å²) in [5.41, 5.74) is 3.65. The first-order chi connectivity index (χ1) is 14.4. The molecular weight excluding hydrogens is 398 g/mol. The third-order valence-corrected chi connectivity index (χ3v) is 5.63. The molecule has 0 saturated heterocycles. The predicted molar refractivity (Wildman–Crippen MR) is 121 cm³/mol. The van der Waals surface area contributed by atoms with Crippen LogP contribution in [-0.2, 0) is 4.74 Å². The zero-order chi connectivity index (χ0) is 21.7. The summed E-state index contributed by atoms with van der Waals surface area (Å²) in [4.78, 5) is 26.4. The molecule has 1 aromatic heterocycles. The zero-order valence-corrected chi connectivity index (χ0v) is 18.4. The van der Waals surface area contributed by atoms with E-state index in [-0.39, 0.29) is 5.91 Å². The lowest BCUT2D eigenvalue weighted by Gasteiger charge is -2.09. The smallest absolute Gasteiger partial charge is 0.341 e. The SMILES string of the molecule is CCCOc1cccc(C(=O)Nc2sc(C)c(-c3ccc(C)cc3)c2C(=O)OC)c1. The highest BCUT2D eigenvalue weighted by Gasteiger charge is 2.25. The normalized spacial score (nSPS) is 10.5. The van der Waals surface area contributed by atoms with Crippen LogP contribution in [0.2, 0.25) is 0 Å². The molecule has 0 fully saturated rings. The van der Waals surface area contributed by atoms with Crippen LogP contribution in [0.5, 0.6) is 5.75 Å². The van der Waals surface area contributed by atoms with Gasteiger partial charge in [-0.15, -0.1) is 11.3 Å². The molecule has 3 rings (SSSR count). The first kappa shape index (κ1) is 21.6. The first-order valence-electron chi connectivity index (χ1n) is 9.77. The molecule has 0 aliphatic rings. The van der Waals surface area contributed by atoms with Gasteiger partial charge in [-0.1, -0.05) is 42.8 Å². The number of amides is 1. The third-order valence-electron chi connectivity index (χ3n) is 4.61. The van der Waals surface area contributed by atoms with Crippen molar-refractivity contribution in [3.63, 3.8) is 0 Å². The highest BCUT2D eigenvalue weighted by molar-refractivity contribution is 7.17. The standard InChI is InChI=1S/C24H25NO4S/c1-5-13-29-19-8-6-7-18(14-19)22(26)25-23-21(24(27)28-4)20(16(3)30-23)17-11-9-15(2)10-12-17/h6-12,14H,5,13H2,1-4H3,(H,25,26). The highest BCUT2D eigenvalue weighted by Crippen LogP contribution is 2.40. The van der Waals surface area contributed by atoms with E-state index in [0.29, 0.717) is 28.5 Å².